The maximum absolute atomic E-state index is 12.9. The summed E-state index contributed by atoms with van der Waals surface area (Å²) in [6, 6.07) is 13.9. The summed E-state index contributed by atoms with van der Waals surface area (Å²) < 4.78 is 18.0. The molecule has 0 spiro atoms. The smallest absolute Gasteiger partial charge is 0.415 e. The summed E-state index contributed by atoms with van der Waals surface area (Å²) in [6.45, 7) is -0.545. The third kappa shape index (κ3) is 4.31. The zero-order valence-electron chi connectivity index (χ0n) is 11.6. The van der Waals surface area contributed by atoms with Crippen LogP contribution in [0, 0.1) is 5.82 Å². The lowest BCUT2D eigenvalue weighted by atomic mass is 10.2. The number of carbonyl (C=O) groups is 2. The molecule has 0 bridgehead atoms. The molecule has 2 aromatic rings. The molecule has 114 valence electrons. The molecule has 0 heterocycles. The molecule has 1 amide bonds. The predicted molar refractivity (Wildman–Crippen MR) is 78.0 cm³/mol. The quantitative estimate of drug-likeness (QED) is 0.922. The minimum Gasteiger partial charge on any atom is -0.480 e. The van der Waals surface area contributed by atoms with Crippen molar-refractivity contribution in [2.75, 3.05) is 11.4 Å². The van der Waals surface area contributed by atoms with Crippen molar-refractivity contribution >= 4 is 17.7 Å². The number of amides is 1. The molecule has 0 aliphatic heterocycles. The van der Waals surface area contributed by atoms with Gasteiger partial charge in [0.1, 0.15) is 19.0 Å². The number of hydrogen-bond donors (Lipinski definition) is 1. The van der Waals surface area contributed by atoms with Gasteiger partial charge in [-0.3, -0.25) is 9.69 Å². The Morgan fingerprint density at radius 2 is 1.68 bits per heavy atom. The Labute approximate surface area is 126 Å². The van der Waals surface area contributed by atoms with Crippen molar-refractivity contribution in [2.24, 2.45) is 0 Å². The van der Waals surface area contributed by atoms with E-state index in [4.69, 9.17) is 9.84 Å². The number of benzene rings is 2. The monoisotopic (exact) mass is 303 g/mol. The van der Waals surface area contributed by atoms with Crippen molar-refractivity contribution in [3.8, 4) is 0 Å². The van der Waals surface area contributed by atoms with E-state index in [1.165, 1.54) is 12.1 Å². The van der Waals surface area contributed by atoms with E-state index in [0.717, 1.165) is 22.6 Å². The van der Waals surface area contributed by atoms with Gasteiger partial charge in [-0.05, 0) is 29.8 Å². The standard InChI is InChI=1S/C16H14FNO4/c17-13-6-8-14(9-7-13)18(10-15(19)20)16(21)22-11-12-4-2-1-3-5-12/h1-9H,10-11H2,(H,19,20). The van der Waals surface area contributed by atoms with Crippen LogP contribution in [0.25, 0.3) is 0 Å². The molecular weight excluding hydrogens is 289 g/mol. The topological polar surface area (TPSA) is 66.8 Å². The molecular formula is C16H14FNO4. The number of carboxylic acids is 1. The van der Waals surface area contributed by atoms with E-state index >= 15 is 0 Å². The maximum atomic E-state index is 12.9. The molecule has 2 aromatic carbocycles. The number of carboxylic acid groups (broad SMARTS) is 1. The number of anilines is 1. The normalized spacial score (nSPS) is 10.0. The Kier molecular flexibility index (Phi) is 5.08. The molecule has 1 N–H and O–H groups in total. The fraction of sp³-hybridized carbons (Fsp3) is 0.125. The molecule has 22 heavy (non-hydrogen) atoms. The minimum atomic E-state index is -1.19. The molecule has 0 saturated carbocycles. The van der Waals surface area contributed by atoms with Crippen molar-refractivity contribution < 1.29 is 23.8 Å². The average Bonchev–Trinajstić information content (AvgIpc) is 2.52. The van der Waals surface area contributed by atoms with Crippen LogP contribution in [-0.4, -0.2) is 23.7 Å². The van der Waals surface area contributed by atoms with Crippen LogP contribution in [0.1, 0.15) is 5.56 Å². The fourth-order valence-corrected chi connectivity index (χ4v) is 1.81. The van der Waals surface area contributed by atoms with E-state index in [-0.39, 0.29) is 12.3 Å². The first-order valence-corrected chi connectivity index (χ1v) is 6.52. The van der Waals surface area contributed by atoms with Crippen LogP contribution < -0.4 is 4.90 Å². The van der Waals surface area contributed by atoms with Crippen molar-refractivity contribution in [1.29, 1.82) is 0 Å². The van der Waals surface area contributed by atoms with Crippen LogP contribution >= 0.6 is 0 Å². The Balaban J connectivity index is 2.09. The van der Waals surface area contributed by atoms with Gasteiger partial charge in [0.2, 0.25) is 0 Å². The van der Waals surface area contributed by atoms with Crippen molar-refractivity contribution in [2.45, 2.75) is 6.61 Å². The van der Waals surface area contributed by atoms with Crippen LogP contribution in [0.3, 0.4) is 0 Å². The lowest BCUT2D eigenvalue weighted by Gasteiger charge is -2.20. The second-order valence-electron chi connectivity index (χ2n) is 4.50. The lowest BCUT2D eigenvalue weighted by Crippen LogP contribution is -2.36. The van der Waals surface area contributed by atoms with Crippen LogP contribution in [0.15, 0.2) is 54.6 Å². The van der Waals surface area contributed by atoms with Gasteiger partial charge in [0.25, 0.3) is 0 Å². The first kappa shape index (κ1) is 15.5. The van der Waals surface area contributed by atoms with Crippen molar-refractivity contribution in [3.05, 3.63) is 66.0 Å². The number of carbonyl (C=O) groups excluding carboxylic acids is 1. The van der Waals surface area contributed by atoms with E-state index < -0.39 is 24.4 Å². The molecule has 0 aromatic heterocycles. The summed E-state index contributed by atoms with van der Waals surface area (Å²) >= 11 is 0. The van der Waals surface area contributed by atoms with Crippen LogP contribution in [-0.2, 0) is 16.1 Å². The average molecular weight is 303 g/mol. The van der Waals surface area contributed by atoms with Gasteiger partial charge in [-0.1, -0.05) is 30.3 Å². The molecule has 0 atom stereocenters. The van der Waals surface area contributed by atoms with Gasteiger partial charge in [0, 0.05) is 5.69 Å². The molecule has 0 unspecified atom stereocenters. The first-order valence-electron chi connectivity index (χ1n) is 6.52. The Morgan fingerprint density at radius 1 is 1.05 bits per heavy atom. The van der Waals surface area contributed by atoms with Gasteiger partial charge < -0.3 is 9.84 Å². The van der Waals surface area contributed by atoms with Crippen LogP contribution in [0.5, 0.6) is 0 Å². The highest BCUT2D eigenvalue weighted by molar-refractivity contribution is 5.92. The summed E-state index contributed by atoms with van der Waals surface area (Å²) in [5.74, 6) is -1.67. The van der Waals surface area contributed by atoms with Gasteiger partial charge in [0.05, 0.1) is 0 Å². The number of aliphatic carboxylic acids is 1. The second-order valence-corrected chi connectivity index (χ2v) is 4.50. The highest BCUT2D eigenvalue weighted by Crippen LogP contribution is 2.16. The van der Waals surface area contributed by atoms with Gasteiger partial charge in [-0.2, -0.15) is 0 Å². The summed E-state index contributed by atoms with van der Waals surface area (Å²) in [5, 5.41) is 8.91. The van der Waals surface area contributed by atoms with E-state index in [1.54, 1.807) is 24.3 Å². The van der Waals surface area contributed by atoms with E-state index in [1.807, 2.05) is 6.07 Å². The predicted octanol–water partition coefficient (Wildman–Crippen LogP) is 3.05. The molecule has 0 saturated heterocycles. The third-order valence-electron chi connectivity index (χ3n) is 2.86. The van der Waals surface area contributed by atoms with Crippen molar-refractivity contribution in [1.82, 2.24) is 0 Å². The number of ether oxygens (including phenoxy) is 1. The Morgan fingerprint density at radius 3 is 2.27 bits per heavy atom. The highest BCUT2D eigenvalue weighted by atomic mass is 19.1. The number of nitrogens with zero attached hydrogens (tertiary/aromatic N) is 1. The zero-order valence-corrected chi connectivity index (χ0v) is 11.6. The molecule has 0 aliphatic carbocycles. The number of rotatable bonds is 5. The molecule has 0 fully saturated rings. The Hall–Kier alpha value is -2.89. The summed E-state index contributed by atoms with van der Waals surface area (Å²) in [5.41, 5.74) is 1.03. The van der Waals surface area contributed by atoms with Crippen LogP contribution in [0.4, 0.5) is 14.9 Å². The van der Waals surface area contributed by atoms with Gasteiger partial charge in [-0.15, -0.1) is 0 Å². The Bertz CT molecular complexity index is 643. The molecule has 2 rings (SSSR count). The molecule has 0 radical (unpaired) electrons. The lowest BCUT2D eigenvalue weighted by molar-refractivity contribution is -0.135. The fourth-order valence-electron chi connectivity index (χ4n) is 1.81. The summed E-state index contributed by atoms with van der Waals surface area (Å²) in [7, 11) is 0. The largest absolute Gasteiger partial charge is 0.480 e. The van der Waals surface area contributed by atoms with E-state index in [2.05, 4.69) is 0 Å². The van der Waals surface area contributed by atoms with E-state index in [0.29, 0.717) is 0 Å². The van der Waals surface area contributed by atoms with Gasteiger partial charge in [-0.25, -0.2) is 9.18 Å². The molecule has 6 heteroatoms. The molecule has 0 aliphatic rings. The summed E-state index contributed by atoms with van der Waals surface area (Å²) in [4.78, 5) is 23.9. The SMILES string of the molecule is O=C(O)CN(C(=O)OCc1ccccc1)c1ccc(F)cc1. The first-order chi connectivity index (χ1) is 10.6. The van der Waals surface area contributed by atoms with Gasteiger partial charge >= 0.3 is 12.1 Å². The zero-order chi connectivity index (χ0) is 15.9. The number of halogens is 1. The number of hydrogen-bond acceptors (Lipinski definition) is 3. The maximum Gasteiger partial charge on any atom is 0.415 e. The minimum absolute atomic E-state index is 0.0248. The highest BCUT2D eigenvalue weighted by Gasteiger charge is 2.20. The third-order valence-corrected chi connectivity index (χ3v) is 2.86. The van der Waals surface area contributed by atoms with Crippen molar-refractivity contribution in [3.63, 3.8) is 0 Å². The van der Waals surface area contributed by atoms with E-state index in [9.17, 15) is 14.0 Å². The summed E-state index contributed by atoms with van der Waals surface area (Å²) in [6.07, 6.45) is -0.808. The van der Waals surface area contributed by atoms with Gasteiger partial charge in [0.15, 0.2) is 0 Å². The molecule has 5 nitrogen and oxygen atoms in total. The second kappa shape index (κ2) is 7.21. The van der Waals surface area contributed by atoms with Crippen LogP contribution in [0.2, 0.25) is 0 Å².